The van der Waals surface area contributed by atoms with Crippen LogP contribution < -0.4 is 0 Å². The molecule has 0 rings (SSSR count). The fraction of sp³-hybridized carbons (Fsp3) is 0.672. The van der Waals surface area contributed by atoms with Crippen LogP contribution in [0, 0.1) is 0 Å². The van der Waals surface area contributed by atoms with Gasteiger partial charge in [-0.3, -0.25) is 14.4 Å². The lowest BCUT2D eigenvalue weighted by Gasteiger charge is -2.18. The third-order valence-corrected chi connectivity index (χ3v) is 12.0. The first-order valence-electron chi connectivity index (χ1n) is 28.9. The minimum Gasteiger partial charge on any atom is -0.462 e. The van der Waals surface area contributed by atoms with Crippen LogP contribution in [0.25, 0.3) is 0 Å². The first-order valence-corrected chi connectivity index (χ1v) is 28.9. The van der Waals surface area contributed by atoms with Crippen LogP contribution in [-0.4, -0.2) is 37.2 Å². The average Bonchev–Trinajstić information content (AvgIpc) is 3.36. The normalized spacial score (nSPS) is 12.9. The van der Waals surface area contributed by atoms with Gasteiger partial charge < -0.3 is 14.2 Å². The molecular formula is C64H106O6. The van der Waals surface area contributed by atoms with E-state index in [1.165, 1.54) is 109 Å². The highest BCUT2D eigenvalue weighted by atomic mass is 16.6. The molecule has 6 nitrogen and oxygen atoms in total. The first-order chi connectivity index (χ1) is 34.5. The Morgan fingerprint density at radius 3 is 0.900 bits per heavy atom. The van der Waals surface area contributed by atoms with E-state index in [9.17, 15) is 14.4 Å². The highest BCUT2D eigenvalue weighted by Crippen LogP contribution is 2.13. The van der Waals surface area contributed by atoms with Crippen LogP contribution in [0.5, 0.6) is 0 Å². The molecule has 398 valence electrons. The second-order valence-corrected chi connectivity index (χ2v) is 18.8. The fourth-order valence-corrected chi connectivity index (χ4v) is 7.59. The SMILES string of the molecule is CCCCC/C=C\C/C=C\C/C=C\C/C=C\CCCCCC(=O)OC[C@@H](COC(=O)CCCCCCC/C=C\CCCCCCCCC)OC(=O)CCC/C=C\C/C=C\C/C=C\C/C=C\CCCCC. The van der Waals surface area contributed by atoms with Crippen LogP contribution in [0.1, 0.15) is 258 Å². The number of allylic oxidation sites excluding steroid dienone is 18. The number of carbonyl (C=O) groups is 3. The summed E-state index contributed by atoms with van der Waals surface area (Å²) in [5.41, 5.74) is 0. The molecule has 0 amide bonds. The molecule has 0 aromatic carbocycles. The van der Waals surface area contributed by atoms with E-state index in [0.29, 0.717) is 19.3 Å². The quantitative estimate of drug-likeness (QED) is 0.0262. The van der Waals surface area contributed by atoms with Crippen LogP contribution in [-0.2, 0) is 28.6 Å². The molecule has 0 aromatic heterocycles. The lowest BCUT2D eigenvalue weighted by Crippen LogP contribution is -2.30. The summed E-state index contributed by atoms with van der Waals surface area (Å²) >= 11 is 0. The highest BCUT2D eigenvalue weighted by molar-refractivity contribution is 5.71. The Bertz CT molecular complexity index is 1440. The van der Waals surface area contributed by atoms with Gasteiger partial charge in [-0.05, 0) is 128 Å². The molecule has 0 aromatic rings. The summed E-state index contributed by atoms with van der Waals surface area (Å²) < 4.78 is 16.8. The van der Waals surface area contributed by atoms with E-state index in [-0.39, 0.29) is 37.5 Å². The summed E-state index contributed by atoms with van der Waals surface area (Å²) in [7, 11) is 0. The van der Waals surface area contributed by atoms with E-state index in [1.807, 2.05) is 0 Å². The van der Waals surface area contributed by atoms with Crippen molar-refractivity contribution >= 4 is 17.9 Å². The smallest absolute Gasteiger partial charge is 0.306 e. The molecule has 6 heteroatoms. The molecule has 0 N–H and O–H groups in total. The molecule has 0 saturated carbocycles. The van der Waals surface area contributed by atoms with E-state index in [2.05, 4.69) is 130 Å². The van der Waals surface area contributed by atoms with E-state index in [1.54, 1.807) is 0 Å². The minimum absolute atomic E-state index is 0.116. The van der Waals surface area contributed by atoms with Gasteiger partial charge in [0.25, 0.3) is 0 Å². The zero-order valence-corrected chi connectivity index (χ0v) is 45.5. The molecule has 0 unspecified atom stereocenters. The van der Waals surface area contributed by atoms with E-state index >= 15 is 0 Å². The Morgan fingerprint density at radius 2 is 0.529 bits per heavy atom. The maximum absolute atomic E-state index is 12.8. The first kappa shape index (κ1) is 66.1. The van der Waals surface area contributed by atoms with Gasteiger partial charge in [0.1, 0.15) is 13.2 Å². The van der Waals surface area contributed by atoms with Crippen molar-refractivity contribution in [3.8, 4) is 0 Å². The number of hydrogen-bond acceptors (Lipinski definition) is 6. The second kappa shape index (κ2) is 57.6. The molecule has 1 atom stereocenters. The summed E-state index contributed by atoms with van der Waals surface area (Å²) in [5, 5.41) is 0. The highest BCUT2D eigenvalue weighted by Gasteiger charge is 2.19. The number of carbonyl (C=O) groups excluding carboxylic acids is 3. The van der Waals surface area contributed by atoms with Crippen molar-refractivity contribution in [2.24, 2.45) is 0 Å². The van der Waals surface area contributed by atoms with Crippen LogP contribution in [0.15, 0.2) is 109 Å². The molecular weight excluding hydrogens is 865 g/mol. The third-order valence-electron chi connectivity index (χ3n) is 12.0. The molecule has 0 heterocycles. The predicted molar refractivity (Wildman–Crippen MR) is 302 cm³/mol. The van der Waals surface area contributed by atoms with Crippen molar-refractivity contribution in [3.05, 3.63) is 109 Å². The van der Waals surface area contributed by atoms with Gasteiger partial charge in [-0.2, -0.15) is 0 Å². The van der Waals surface area contributed by atoms with Crippen LogP contribution in [0.4, 0.5) is 0 Å². The monoisotopic (exact) mass is 971 g/mol. The van der Waals surface area contributed by atoms with Crippen molar-refractivity contribution in [2.75, 3.05) is 13.2 Å². The third kappa shape index (κ3) is 55.0. The molecule has 0 aliphatic carbocycles. The van der Waals surface area contributed by atoms with Crippen molar-refractivity contribution in [1.82, 2.24) is 0 Å². The van der Waals surface area contributed by atoms with Crippen molar-refractivity contribution in [2.45, 2.75) is 264 Å². The number of esters is 3. The van der Waals surface area contributed by atoms with E-state index < -0.39 is 6.10 Å². The van der Waals surface area contributed by atoms with Crippen LogP contribution in [0.3, 0.4) is 0 Å². The van der Waals surface area contributed by atoms with Gasteiger partial charge in [-0.25, -0.2) is 0 Å². The largest absolute Gasteiger partial charge is 0.462 e. The summed E-state index contributed by atoms with van der Waals surface area (Å²) in [6.45, 7) is 6.50. The lowest BCUT2D eigenvalue weighted by molar-refractivity contribution is -0.167. The van der Waals surface area contributed by atoms with Crippen molar-refractivity contribution in [3.63, 3.8) is 0 Å². The van der Waals surface area contributed by atoms with Gasteiger partial charge in [0.2, 0.25) is 0 Å². The Hall–Kier alpha value is -3.93. The van der Waals surface area contributed by atoms with Gasteiger partial charge in [0, 0.05) is 19.3 Å². The zero-order chi connectivity index (χ0) is 50.7. The summed E-state index contributed by atoms with van der Waals surface area (Å²) in [6, 6.07) is 0. The Morgan fingerprint density at radius 1 is 0.286 bits per heavy atom. The predicted octanol–water partition coefficient (Wildman–Crippen LogP) is 19.5. The van der Waals surface area contributed by atoms with E-state index in [4.69, 9.17) is 14.2 Å². The number of ether oxygens (including phenoxy) is 3. The summed E-state index contributed by atoms with van der Waals surface area (Å²) in [4.78, 5) is 38.1. The summed E-state index contributed by atoms with van der Waals surface area (Å²) in [5.74, 6) is -1.01. The van der Waals surface area contributed by atoms with Crippen molar-refractivity contribution in [1.29, 1.82) is 0 Å². The number of rotatable bonds is 51. The van der Waals surface area contributed by atoms with E-state index in [0.717, 1.165) is 103 Å². The van der Waals surface area contributed by atoms with Gasteiger partial charge in [0.05, 0.1) is 0 Å². The molecule has 70 heavy (non-hydrogen) atoms. The minimum atomic E-state index is -0.826. The van der Waals surface area contributed by atoms with Gasteiger partial charge >= 0.3 is 17.9 Å². The molecule has 0 saturated heterocycles. The standard InChI is InChI=1S/C64H106O6/c1-4-7-10-13-16-19-22-25-28-31-32-34-36-39-42-45-48-51-54-57-63(66)69-60-61(59-68-62(65)56-53-50-47-44-41-38-35-30-27-24-21-18-15-12-9-6-3)70-64(67)58-55-52-49-46-43-40-37-33-29-26-23-20-17-14-11-8-5-2/h16-17,19-20,25-26,28-30,32,34-35,37,39-40,42,46,49,61H,4-15,18,21-24,27,31,33,36,38,41,43-45,47-48,50-60H2,1-3H3/b19-16-,20-17-,28-25-,29-26-,34-32-,35-30-,40-37-,42-39-,49-46-/t61-/m1/s1. The lowest BCUT2D eigenvalue weighted by atomic mass is 10.1. The van der Waals surface area contributed by atoms with Gasteiger partial charge in [0.15, 0.2) is 6.10 Å². The fourth-order valence-electron chi connectivity index (χ4n) is 7.59. The van der Waals surface area contributed by atoms with Crippen LogP contribution in [0.2, 0.25) is 0 Å². The maximum Gasteiger partial charge on any atom is 0.306 e. The van der Waals surface area contributed by atoms with Crippen LogP contribution >= 0.6 is 0 Å². The van der Waals surface area contributed by atoms with Gasteiger partial charge in [-0.15, -0.1) is 0 Å². The maximum atomic E-state index is 12.8. The average molecular weight is 972 g/mol. The molecule has 0 radical (unpaired) electrons. The zero-order valence-electron chi connectivity index (χ0n) is 45.5. The molecule has 0 aliphatic heterocycles. The molecule has 0 fully saturated rings. The molecule has 0 spiro atoms. The summed E-state index contributed by atoms with van der Waals surface area (Å²) in [6.07, 6.45) is 77.9. The Balaban J connectivity index is 4.55. The Kier molecular flexibility index (Phi) is 54.4. The molecule has 0 bridgehead atoms. The topological polar surface area (TPSA) is 78.9 Å². The number of unbranched alkanes of at least 4 members (excludes halogenated alkanes) is 22. The second-order valence-electron chi connectivity index (χ2n) is 18.8. The molecule has 0 aliphatic rings. The number of hydrogen-bond donors (Lipinski definition) is 0. The van der Waals surface area contributed by atoms with Crippen molar-refractivity contribution < 1.29 is 28.6 Å². The van der Waals surface area contributed by atoms with Gasteiger partial charge in [-0.1, -0.05) is 220 Å². The Labute approximate surface area is 431 Å².